The maximum Gasteiger partial charge on any atom is 0.248 e. The van der Waals surface area contributed by atoms with Crippen molar-refractivity contribution < 1.29 is 4.79 Å². The number of benzene rings is 1. The minimum Gasteiger partial charge on any atom is -0.354 e. The van der Waals surface area contributed by atoms with E-state index in [-0.39, 0.29) is 5.91 Å². The molecule has 37 heavy (non-hydrogen) atoms. The molecule has 0 unspecified atom stereocenters. The lowest BCUT2D eigenvalue weighted by atomic mass is 10.1. The van der Waals surface area contributed by atoms with E-state index in [4.69, 9.17) is 4.98 Å². The van der Waals surface area contributed by atoms with Crippen LogP contribution in [0.4, 0.5) is 23.1 Å². The number of likely N-dealkylation sites (N-methyl/N-ethyl adjacent to an activating group) is 1. The van der Waals surface area contributed by atoms with Gasteiger partial charge in [0, 0.05) is 61.3 Å². The Balaban J connectivity index is 1.38. The van der Waals surface area contributed by atoms with Gasteiger partial charge in [0.1, 0.15) is 11.3 Å². The lowest BCUT2D eigenvalue weighted by Crippen LogP contribution is -2.44. The summed E-state index contributed by atoms with van der Waals surface area (Å²) in [4.78, 5) is 35.3. The first kappa shape index (κ1) is 24.3. The lowest BCUT2D eigenvalue weighted by Gasteiger charge is -2.33. The second-order valence-electron chi connectivity index (χ2n) is 9.40. The Morgan fingerprint density at radius 3 is 2.54 bits per heavy atom. The quantitative estimate of drug-likeness (QED) is 0.379. The normalized spacial score (nSPS) is 13.9. The van der Waals surface area contributed by atoms with Gasteiger partial charge in [0.2, 0.25) is 11.9 Å². The predicted molar refractivity (Wildman–Crippen MR) is 148 cm³/mol. The molecule has 9 heteroatoms. The summed E-state index contributed by atoms with van der Waals surface area (Å²) < 4.78 is 0. The fourth-order valence-corrected chi connectivity index (χ4v) is 4.22. The highest BCUT2D eigenvalue weighted by Crippen LogP contribution is 2.28. The predicted octanol–water partition coefficient (Wildman–Crippen LogP) is 4.49. The monoisotopic (exact) mass is 494 g/mol. The first-order valence-electron chi connectivity index (χ1n) is 12.3. The summed E-state index contributed by atoms with van der Waals surface area (Å²) in [6.45, 7) is 7.79. The summed E-state index contributed by atoms with van der Waals surface area (Å²) in [7, 11) is 2.14. The molecule has 5 rings (SSSR count). The summed E-state index contributed by atoms with van der Waals surface area (Å²) in [5.41, 5.74) is 4.72. The highest BCUT2D eigenvalue weighted by atomic mass is 16.1. The smallest absolute Gasteiger partial charge is 0.248 e. The Kier molecular flexibility index (Phi) is 7.04. The molecule has 1 aliphatic heterocycles. The van der Waals surface area contributed by atoms with Crippen LogP contribution in [0.2, 0.25) is 0 Å². The third kappa shape index (κ3) is 5.90. The standard InChI is InChI=1S/C28H30N8O/c1-19(2)15-25(37)32-22-6-4-5-20(16-22)26-27-21(9-10-29-26)17-31-28(34-27)33-23-7-8-24(30-18-23)36-13-11-35(3)12-14-36/h4-10,15-18H,11-14H2,1-3H3,(H,32,37)(H,31,33,34). The number of pyridine rings is 2. The number of aromatic nitrogens is 4. The van der Waals surface area contributed by atoms with Gasteiger partial charge in [-0.05, 0) is 51.2 Å². The molecule has 188 valence electrons. The molecule has 1 amide bonds. The number of anilines is 4. The molecule has 3 aromatic heterocycles. The van der Waals surface area contributed by atoms with Crippen LogP contribution in [0.25, 0.3) is 22.2 Å². The number of piperazine rings is 1. The Bertz CT molecular complexity index is 1440. The Hall–Kier alpha value is -4.37. The van der Waals surface area contributed by atoms with E-state index in [9.17, 15) is 4.79 Å². The summed E-state index contributed by atoms with van der Waals surface area (Å²) in [6, 6.07) is 13.5. The second-order valence-corrected chi connectivity index (χ2v) is 9.40. The maximum atomic E-state index is 12.2. The van der Waals surface area contributed by atoms with E-state index in [1.165, 1.54) is 0 Å². The van der Waals surface area contributed by atoms with Crippen LogP contribution in [0.5, 0.6) is 0 Å². The van der Waals surface area contributed by atoms with Crippen molar-refractivity contribution in [3.63, 3.8) is 0 Å². The molecular weight excluding hydrogens is 464 g/mol. The molecular formula is C28H30N8O. The number of amides is 1. The highest BCUT2D eigenvalue weighted by molar-refractivity contribution is 6.00. The molecule has 1 fully saturated rings. The fraction of sp³-hybridized carbons (Fsp3) is 0.250. The molecule has 0 aliphatic carbocycles. The zero-order valence-electron chi connectivity index (χ0n) is 21.3. The average Bonchev–Trinajstić information content (AvgIpc) is 2.89. The Labute approximate surface area is 216 Å². The number of carbonyl (C=O) groups excluding carboxylic acids is 1. The number of carbonyl (C=O) groups is 1. The van der Waals surface area contributed by atoms with E-state index >= 15 is 0 Å². The zero-order chi connectivity index (χ0) is 25.8. The van der Waals surface area contributed by atoms with Crippen molar-refractivity contribution in [2.45, 2.75) is 13.8 Å². The van der Waals surface area contributed by atoms with Crippen molar-refractivity contribution in [2.75, 3.05) is 48.8 Å². The number of fused-ring (bicyclic) bond motifs is 1. The zero-order valence-corrected chi connectivity index (χ0v) is 21.3. The minimum atomic E-state index is -0.163. The molecule has 2 N–H and O–H groups in total. The van der Waals surface area contributed by atoms with E-state index < -0.39 is 0 Å². The maximum absolute atomic E-state index is 12.2. The van der Waals surface area contributed by atoms with Crippen LogP contribution in [0, 0.1) is 0 Å². The summed E-state index contributed by atoms with van der Waals surface area (Å²) in [5, 5.41) is 7.04. The number of rotatable bonds is 6. The number of allylic oxidation sites excluding steroid dienone is 1. The van der Waals surface area contributed by atoms with Crippen molar-refractivity contribution in [1.82, 2.24) is 24.8 Å². The van der Waals surface area contributed by atoms with Gasteiger partial charge in [0.25, 0.3) is 0 Å². The number of hydrogen-bond donors (Lipinski definition) is 2. The van der Waals surface area contributed by atoms with Crippen molar-refractivity contribution in [2.24, 2.45) is 0 Å². The van der Waals surface area contributed by atoms with E-state index in [1.807, 2.05) is 62.5 Å². The molecule has 9 nitrogen and oxygen atoms in total. The highest BCUT2D eigenvalue weighted by Gasteiger charge is 2.15. The molecule has 0 spiro atoms. The van der Waals surface area contributed by atoms with Gasteiger partial charge < -0.3 is 20.4 Å². The Morgan fingerprint density at radius 2 is 1.78 bits per heavy atom. The van der Waals surface area contributed by atoms with Crippen molar-refractivity contribution in [3.8, 4) is 11.3 Å². The van der Waals surface area contributed by atoms with E-state index in [1.54, 1.807) is 18.5 Å². The van der Waals surface area contributed by atoms with Gasteiger partial charge in [-0.25, -0.2) is 15.0 Å². The third-order valence-corrected chi connectivity index (χ3v) is 6.15. The number of nitrogens with one attached hydrogen (secondary N) is 2. The van der Waals surface area contributed by atoms with Gasteiger partial charge in [0.15, 0.2) is 0 Å². The van der Waals surface area contributed by atoms with Gasteiger partial charge >= 0.3 is 0 Å². The minimum absolute atomic E-state index is 0.163. The van der Waals surface area contributed by atoms with Crippen molar-refractivity contribution in [1.29, 1.82) is 0 Å². The van der Waals surface area contributed by atoms with Crippen LogP contribution in [0.1, 0.15) is 13.8 Å². The number of nitrogens with zero attached hydrogens (tertiary/aromatic N) is 6. The summed E-state index contributed by atoms with van der Waals surface area (Å²) >= 11 is 0. The topological polar surface area (TPSA) is 99.2 Å². The fourth-order valence-electron chi connectivity index (χ4n) is 4.22. The van der Waals surface area contributed by atoms with Crippen molar-refractivity contribution in [3.05, 3.63) is 72.7 Å². The average molecular weight is 495 g/mol. The molecule has 4 heterocycles. The van der Waals surface area contributed by atoms with Gasteiger partial charge in [-0.15, -0.1) is 0 Å². The molecule has 0 saturated carbocycles. The summed E-state index contributed by atoms with van der Waals surface area (Å²) in [6.07, 6.45) is 6.90. The van der Waals surface area contributed by atoms with Gasteiger partial charge in [0.05, 0.1) is 17.6 Å². The van der Waals surface area contributed by atoms with Gasteiger partial charge in [-0.2, -0.15) is 0 Å². The van der Waals surface area contributed by atoms with Crippen molar-refractivity contribution >= 4 is 40.0 Å². The van der Waals surface area contributed by atoms with E-state index in [0.717, 1.165) is 59.7 Å². The van der Waals surface area contributed by atoms with Crippen LogP contribution >= 0.6 is 0 Å². The Morgan fingerprint density at radius 1 is 0.946 bits per heavy atom. The summed E-state index contributed by atoms with van der Waals surface area (Å²) in [5.74, 6) is 1.27. The van der Waals surface area contributed by atoms with Crippen LogP contribution in [0.3, 0.4) is 0 Å². The van der Waals surface area contributed by atoms with Gasteiger partial charge in [-0.3, -0.25) is 9.78 Å². The first-order valence-corrected chi connectivity index (χ1v) is 12.3. The second kappa shape index (κ2) is 10.7. The molecule has 1 aromatic carbocycles. The van der Waals surface area contributed by atoms with Crippen LogP contribution in [0.15, 0.2) is 72.7 Å². The SMILES string of the molecule is CC(C)=CC(=O)Nc1cccc(-c2nccc3cnc(Nc4ccc(N5CCN(C)CC5)nc4)nc23)c1. The molecule has 0 atom stereocenters. The van der Waals surface area contributed by atoms with Crippen LogP contribution in [-0.4, -0.2) is 64.0 Å². The molecule has 1 saturated heterocycles. The van der Waals surface area contributed by atoms with Gasteiger partial charge in [-0.1, -0.05) is 17.7 Å². The van der Waals surface area contributed by atoms with E-state index in [0.29, 0.717) is 17.3 Å². The van der Waals surface area contributed by atoms with E-state index in [2.05, 4.69) is 42.4 Å². The lowest BCUT2D eigenvalue weighted by molar-refractivity contribution is -0.111. The third-order valence-electron chi connectivity index (χ3n) is 6.15. The molecule has 0 radical (unpaired) electrons. The number of hydrogen-bond acceptors (Lipinski definition) is 8. The largest absolute Gasteiger partial charge is 0.354 e. The molecule has 4 aromatic rings. The first-order chi connectivity index (χ1) is 17.9. The molecule has 1 aliphatic rings. The van der Waals surface area contributed by atoms with Crippen LogP contribution in [-0.2, 0) is 4.79 Å². The molecule has 0 bridgehead atoms. The van der Waals surface area contributed by atoms with Crippen LogP contribution < -0.4 is 15.5 Å².